The number of aliphatic carboxylic acids is 1. The minimum atomic E-state index is -0.954. The molecular weight excluding hydrogens is 444 g/mol. The van der Waals surface area contributed by atoms with Crippen LogP contribution in [0, 0.1) is 5.41 Å². The van der Waals surface area contributed by atoms with Gasteiger partial charge in [0.2, 0.25) is 5.91 Å². The third-order valence-corrected chi connectivity index (χ3v) is 8.10. The van der Waals surface area contributed by atoms with Gasteiger partial charge in [-0.25, -0.2) is 4.79 Å². The maximum absolute atomic E-state index is 12.8. The van der Waals surface area contributed by atoms with E-state index in [1.165, 1.54) is 11.1 Å². The van der Waals surface area contributed by atoms with Crippen LogP contribution in [0.5, 0.6) is 0 Å². The lowest BCUT2D eigenvalue weighted by Crippen LogP contribution is -2.53. The van der Waals surface area contributed by atoms with Crippen LogP contribution in [0.25, 0.3) is 11.1 Å². The SMILES string of the molecule is CC1(C(=O)O)CCCCC1NC(=O)CC1(NC(=O)OCC2c3ccccc3-c3ccccc32)CC1. The zero-order valence-electron chi connectivity index (χ0n) is 20.0. The Hall–Kier alpha value is -3.35. The number of alkyl carbamates (subject to hydrolysis) is 1. The molecule has 7 nitrogen and oxygen atoms in total. The first kappa shape index (κ1) is 23.4. The molecule has 3 aliphatic rings. The summed E-state index contributed by atoms with van der Waals surface area (Å²) in [5, 5.41) is 15.6. The quantitative estimate of drug-likeness (QED) is 0.542. The van der Waals surface area contributed by atoms with Crippen LogP contribution in [0.2, 0.25) is 0 Å². The van der Waals surface area contributed by atoms with Gasteiger partial charge in [0.15, 0.2) is 0 Å². The molecule has 0 aliphatic heterocycles. The summed E-state index contributed by atoms with van der Waals surface area (Å²) < 4.78 is 5.65. The Labute approximate surface area is 205 Å². The number of carboxylic acids is 1. The van der Waals surface area contributed by atoms with Crippen LogP contribution in [0.15, 0.2) is 48.5 Å². The number of ether oxygens (including phenoxy) is 1. The van der Waals surface area contributed by atoms with Gasteiger partial charge in [-0.1, -0.05) is 61.4 Å². The summed E-state index contributed by atoms with van der Waals surface area (Å²) in [6.07, 6.45) is 3.96. The van der Waals surface area contributed by atoms with Gasteiger partial charge < -0.3 is 20.5 Å². The monoisotopic (exact) mass is 476 g/mol. The number of carbonyl (C=O) groups is 3. The molecule has 0 heterocycles. The van der Waals surface area contributed by atoms with Crippen molar-refractivity contribution in [2.45, 2.75) is 69.4 Å². The number of benzene rings is 2. The van der Waals surface area contributed by atoms with E-state index < -0.39 is 29.1 Å². The maximum Gasteiger partial charge on any atom is 0.407 e. The largest absolute Gasteiger partial charge is 0.481 e. The second-order valence-electron chi connectivity index (χ2n) is 10.5. The van der Waals surface area contributed by atoms with E-state index in [2.05, 4.69) is 34.9 Å². The molecule has 184 valence electrons. The molecule has 35 heavy (non-hydrogen) atoms. The van der Waals surface area contributed by atoms with E-state index in [9.17, 15) is 19.5 Å². The van der Waals surface area contributed by atoms with E-state index in [4.69, 9.17) is 4.74 Å². The number of carbonyl (C=O) groups excluding carboxylic acids is 2. The Bertz CT molecular complexity index is 1110. The van der Waals surface area contributed by atoms with Crippen molar-refractivity contribution < 1.29 is 24.2 Å². The van der Waals surface area contributed by atoms with E-state index >= 15 is 0 Å². The van der Waals surface area contributed by atoms with Gasteiger partial charge in [-0.15, -0.1) is 0 Å². The fourth-order valence-corrected chi connectivity index (χ4v) is 5.72. The number of hydrogen-bond donors (Lipinski definition) is 3. The Morgan fingerprint density at radius 1 is 0.971 bits per heavy atom. The molecule has 7 heteroatoms. The van der Waals surface area contributed by atoms with E-state index in [-0.39, 0.29) is 24.9 Å². The zero-order valence-corrected chi connectivity index (χ0v) is 20.0. The highest BCUT2D eigenvalue weighted by molar-refractivity contribution is 5.82. The summed E-state index contributed by atoms with van der Waals surface area (Å²) in [5.74, 6) is -1.12. The minimum Gasteiger partial charge on any atom is -0.481 e. The first-order valence-corrected chi connectivity index (χ1v) is 12.5. The summed E-state index contributed by atoms with van der Waals surface area (Å²) in [4.78, 5) is 37.3. The lowest BCUT2D eigenvalue weighted by molar-refractivity contribution is -0.152. The van der Waals surface area contributed by atoms with Crippen LogP contribution in [0.1, 0.15) is 68.9 Å². The third-order valence-electron chi connectivity index (χ3n) is 8.10. The second kappa shape index (κ2) is 9.02. The van der Waals surface area contributed by atoms with Crippen molar-refractivity contribution in [2.24, 2.45) is 5.41 Å². The molecule has 2 amide bonds. The van der Waals surface area contributed by atoms with Crippen LogP contribution >= 0.6 is 0 Å². The molecule has 0 saturated heterocycles. The normalized spacial score (nSPS) is 24.1. The molecule has 0 bridgehead atoms. The van der Waals surface area contributed by atoms with Crippen molar-refractivity contribution in [1.82, 2.24) is 10.6 Å². The summed E-state index contributed by atoms with van der Waals surface area (Å²) in [5.41, 5.74) is 3.07. The van der Waals surface area contributed by atoms with Gasteiger partial charge in [-0.3, -0.25) is 9.59 Å². The standard InChI is InChI=1S/C28H32N2O5/c1-27(25(32)33)13-7-6-12-23(27)29-24(31)16-28(14-15-28)30-26(34)35-17-22-20-10-4-2-8-18(20)19-9-3-5-11-21(19)22/h2-5,8-11,22-23H,6-7,12-17H2,1H3,(H,29,31)(H,30,34)(H,32,33). The van der Waals surface area contributed by atoms with E-state index in [0.717, 1.165) is 24.0 Å². The minimum absolute atomic E-state index is 0.0217. The molecule has 0 spiro atoms. The van der Waals surface area contributed by atoms with Gasteiger partial charge in [-0.05, 0) is 54.9 Å². The van der Waals surface area contributed by atoms with Crippen LogP contribution < -0.4 is 10.6 Å². The third kappa shape index (κ3) is 4.51. The van der Waals surface area contributed by atoms with Crippen LogP contribution in [-0.2, 0) is 14.3 Å². The van der Waals surface area contributed by atoms with E-state index in [0.29, 0.717) is 25.7 Å². The van der Waals surface area contributed by atoms with Crippen molar-refractivity contribution in [3.05, 3.63) is 59.7 Å². The summed E-state index contributed by atoms with van der Waals surface area (Å²) >= 11 is 0. The van der Waals surface area contributed by atoms with Crippen molar-refractivity contribution in [1.29, 1.82) is 0 Å². The van der Waals surface area contributed by atoms with Gasteiger partial charge in [0.25, 0.3) is 0 Å². The molecule has 0 radical (unpaired) electrons. The highest BCUT2D eigenvalue weighted by Gasteiger charge is 2.48. The highest BCUT2D eigenvalue weighted by atomic mass is 16.5. The fourth-order valence-electron chi connectivity index (χ4n) is 5.72. The lowest BCUT2D eigenvalue weighted by Gasteiger charge is -2.38. The molecule has 2 atom stereocenters. The molecule has 0 aromatic heterocycles. The summed E-state index contributed by atoms with van der Waals surface area (Å²) in [6.45, 7) is 1.93. The van der Waals surface area contributed by atoms with E-state index in [1.807, 2.05) is 24.3 Å². The van der Waals surface area contributed by atoms with Gasteiger partial charge in [-0.2, -0.15) is 0 Å². The molecule has 2 aromatic rings. The molecule has 2 saturated carbocycles. The Kier molecular flexibility index (Phi) is 6.03. The molecule has 5 rings (SSSR count). The van der Waals surface area contributed by atoms with Crippen LogP contribution in [0.3, 0.4) is 0 Å². The Balaban J connectivity index is 1.17. The number of fused-ring (bicyclic) bond motifs is 3. The predicted octanol–water partition coefficient (Wildman–Crippen LogP) is 4.60. The van der Waals surface area contributed by atoms with Crippen molar-refractivity contribution in [2.75, 3.05) is 6.61 Å². The molecular formula is C28H32N2O5. The zero-order chi connectivity index (χ0) is 24.6. The first-order chi connectivity index (χ1) is 16.8. The van der Waals surface area contributed by atoms with Gasteiger partial charge in [0, 0.05) is 18.4 Å². The van der Waals surface area contributed by atoms with Crippen molar-refractivity contribution >= 4 is 18.0 Å². The summed E-state index contributed by atoms with van der Waals surface area (Å²) in [6, 6.07) is 16.0. The topological polar surface area (TPSA) is 105 Å². The number of hydrogen-bond acceptors (Lipinski definition) is 4. The Morgan fingerprint density at radius 3 is 2.20 bits per heavy atom. The smallest absolute Gasteiger partial charge is 0.407 e. The average molecular weight is 477 g/mol. The average Bonchev–Trinajstić information content (AvgIpc) is 3.51. The molecule has 2 unspecified atom stereocenters. The number of carboxylic acid groups (broad SMARTS) is 1. The van der Waals surface area contributed by atoms with Gasteiger partial charge in [0.1, 0.15) is 6.61 Å². The number of nitrogens with one attached hydrogen (secondary N) is 2. The first-order valence-electron chi connectivity index (χ1n) is 12.5. The van der Waals surface area contributed by atoms with Gasteiger partial charge in [0.05, 0.1) is 11.0 Å². The second-order valence-corrected chi connectivity index (χ2v) is 10.5. The lowest BCUT2D eigenvalue weighted by atomic mass is 9.71. The predicted molar refractivity (Wildman–Crippen MR) is 131 cm³/mol. The summed E-state index contributed by atoms with van der Waals surface area (Å²) in [7, 11) is 0. The van der Waals surface area contributed by atoms with E-state index in [1.54, 1.807) is 6.92 Å². The molecule has 3 aliphatic carbocycles. The highest BCUT2D eigenvalue weighted by Crippen LogP contribution is 2.45. The molecule has 2 fully saturated rings. The number of rotatable bonds is 7. The van der Waals surface area contributed by atoms with Crippen LogP contribution in [0.4, 0.5) is 4.79 Å². The Morgan fingerprint density at radius 2 is 1.60 bits per heavy atom. The van der Waals surface area contributed by atoms with Crippen molar-refractivity contribution in [3.8, 4) is 11.1 Å². The molecule has 2 aromatic carbocycles. The number of amides is 2. The van der Waals surface area contributed by atoms with Crippen LogP contribution in [-0.4, -0.2) is 41.3 Å². The fraction of sp³-hybridized carbons (Fsp3) is 0.464. The maximum atomic E-state index is 12.8. The van der Waals surface area contributed by atoms with Crippen molar-refractivity contribution in [3.63, 3.8) is 0 Å². The van der Waals surface area contributed by atoms with Gasteiger partial charge >= 0.3 is 12.1 Å². The molecule has 3 N–H and O–H groups in total.